The predicted octanol–water partition coefficient (Wildman–Crippen LogP) is 2.07. The van der Waals surface area contributed by atoms with Crippen LogP contribution in [0.3, 0.4) is 0 Å². The van der Waals surface area contributed by atoms with Crippen LogP contribution in [-0.2, 0) is 12.8 Å². The second-order valence-electron chi connectivity index (χ2n) is 4.77. The van der Waals surface area contributed by atoms with Crippen molar-refractivity contribution in [3.8, 4) is 17.5 Å². The lowest BCUT2D eigenvalue weighted by molar-refractivity contribution is 0.548. The molecule has 0 bridgehead atoms. The maximum atomic E-state index is 12.1. The fourth-order valence-corrected chi connectivity index (χ4v) is 2.47. The number of fused-ring (bicyclic) bond motifs is 1. The van der Waals surface area contributed by atoms with E-state index in [0.717, 1.165) is 23.2 Å². The monoisotopic (exact) mass is 251 g/mol. The molecule has 0 radical (unpaired) electrons. The summed E-state index contributed by atoms with van der Waals surface area (Å²) in [5, 5.41) is 9.01. The van der Waals surface area contributed by atoms with E-state index in [9.17, 15) is 4.79 Å². The number of nitriles is 1. The smallest absolute Gasteiger partial charge is 0.254 e. The van der Waals surface area contributed by atoms with Gasteiger partial charge in [0.05, 0.1) is 17.7 Å². The fraction of sp³-hybridized carbons (Fsp3) is 0.267. The lowest BCUT2D eigenvalue weighted by atomic mass is 9.88. The molecule has 1 aromatic heterocycles. The van der Waals surface area contributed by atoms with E-state index >= 15 is 0 Å². The number of nitrogens with zero attached hydrogens (tertiary/aromatic N) is 2. The molecule has 0 saturated heterocycles. The van der Waals surface area contributed by atoms with E-state index in [4.69, 9.17) is 5.26 Å². The summed E-state index contributed by atoms with van der Waals surface area (Å²) < 4.78 is 0. The number of aromatic amines is 1. The van der Waals surface area contributed by atoms with Gasteiger partial charge >= 0.3 is 0 Å². The van der Waals surface area contributed by atoms with Crippen LogP contribution in [0.15, 0.2) is 35.1 Å². The minimum atomic E-state index is -0.0692. The standard InChI is InChI=1S/C15H13N3O/c16-9-10-6-7-12-13(8-10)17-14(18-15(12)19)11-4-2-1-3-5-11/h1-5,10H,6-8H2,(H,17,18,19)/t10-/m1/s1. The molecule has 19 heavy (non-hydrogen) atoms. The third-order valence-electron chi connectivity index (χ3n) is 3.51. The quantitative estimate of drug-likeness (QED) is 0.843. The van der Waals surface area contributed by atoms with Gasteiger partial charge in [-0.05, 0) is 12.8 Å². The van der Waals surface area contributed by atoms with Gasteiger partial charge < -0.3 is 4.98 Å². The van der Waals surface area contributed by atoms with Crippen molar-refractivity contribution < 1.29 is 0 Å². The van der Waals surface area contributed by atoms with Crippen molar-refractivity contribution in [3.63, 3.8) is 0 Å². The van der Waals surface area contributed by atoms with Crippen LogP contribution in [0.1, 0.15) is 17.7 Å². The molecule has 1 atom stereocenters. The van der Waals surface area contributed by atoms with Gasteiger partial charge in [-0.15, -0.1) is 0 Å². The van der Waals surface area contributed by atoms with Crippen LogP contribution in [0.25, 0.3) is 11.4 Å². The van der Waals surface area contributed by atoms with Gasteiger partial charge in [0.2, 0.25) is 0 Å². The van der Waals surface area contributed by atoms with Gasteiger partial charge in [0, 0.05) is 17.5 Å². The van der Waals surface area contributed by atoms with Crippen molar-refractivity contribution in [1.29, 1.82) is 5.26 Å². The van der Waals surface area contributed by atoms with Crippen molar-refractivity contribution in [3.05, 3.63) is 51.9 Å². The van der Waals surface area contributed by atoms with Crippen LogP contribution in [0, 0.1) is 17.2 Å². The first kappa shape index (κ1) is 11.7. The summed E-state index contributed by atoms with van der Waals surface area (Å²) in [6.45, 7) is 0. The van der Waals surface area contributed by atoms with Gasteiger partial charge in [0.25, 0.3) is 5.56 Å². The Morgan fingerprint density at radius 1 is 1.32 bits per heavy atom. The van der Waals surface area contributed by atoms with Gasteiger partial charge in [-0.25, -0.2) is 4.98 Å². The molecule has 4 heteroatoms. The Labute approximate surface area is 110 Å². The molecular formula is C15H13N3O. The minimum Gasteiger partial charge on any atom is -0.306 e. The molecule has 1 heterocycles. The SMILES string of the molecule is N#C[C@@H]1CCc2c(nc(-c3ccccc3)[nH]c2=O)C1. The molecule has 0 amide bonds. The zero-order chi connectivity index (χ0) is 13.2. The summed E-state index contributed by atoms with van der Waals surface area (Å²) in [6, 6.07) is 11.8. The molecule has 1 aliphatic rings. The maximum absolute atomic E-state index is 12.1. The Bertz CT molecular complexity index is 698. The first-order valence-corrected chi connectivity index (χ1v) is 6.35. The molecule has 1 aromatic carbocycles. The second kappa shape index (κ2) is 4.69. The van der Waals surface area contributed by atoms with Gasteiger partial charge in [-0.3, -0.25) is 4.79 Å². The van der Waals surface area contributed by atoms with Crippen LogP contribution in [-0.4, -0.2) is 9.97 Å². The van der Waals surface area contributed by atoms with Crippen LogP contribution >= 0.6 is 0 Å². The highest BCUT2D eigenvalue weighted by atomic mass is 16.1. The van der Waals surface area contributed by atoms with Crippen LogP contribution in [0.2, 0.25) is 0 Å². The largest absolute Gasteiger partial charge is 0.306 e. The molecule has 0 saturated carbocycles. The molecule has 4 nitrogen and oxygen atoms in total. The summed E-state index contributed by atoms with van der Waals surface area (Å²) in [4.78, 5) is 19.4. The molecular weight excluding hydrogens is 238 g/mol. The third kappa shape index (κ3) is 2.15. The van der Waals surface area contributed by atoms with Gasteiger partial charge in [-0.2, -0.15) is 5.26 Å². The van der Waals surface area contributed by atoms with E-state index in [0.29, 0.717) is 18.7 Å². The Kier molecular flexibility index (Phi) is 2.88. The predicted molar refractivity (Wildman–Crippen MR) is 71.4 cm³/mol. The molecule has 1 aliphatic carbocycles. The lowest BCUT2D eigenvalue weighted by Crippen LogP contribution is -2.25. The Balaban J connectivity index is 2.09. The van der Waals surface area contributed by atoms with Crippen LogP contribution in [0.4, 0.5) is 0 Å². The van der Waals surface area contributed by atoms with Gasteiger partial charge in [0.1, 0.15) is 5.82 Å². The first-order valence-electron chi connectivity index (χ1n) is 6.35. The van der Waals surface area contributed by atoms with Crippen LogP contribution < -0.4 is 5.56 Å². The van der Waals surface area contributed by atoms with E-state index in [1.165, 1.54) is 0 Å². The summed E-state index contributed by atoms with van der Waals surface area (Å²) in [5.41, 5.74) is 2.34. The van der Waals surface area contributed by atoms with Crippen molar-refractivity contribution >= 4 is 0 Å². The van der Waals surface area contributed by atoms with E-state index in [2.05, 4.69) is 16.0 Å². The number of H-pyrrole nitrogens is 1. The number of nitrogens with one attached hydrogen (secondary N) is 1. The second-order valence-corrected chi connectivity index (χ2v) is 4.77. The van der Waals surface area contributed by atoms with Crippen molar-refractivity contribution in [2.45, 2.75) is 19.3 Å². The number of hydrogen-bond donors (Lipinski definition) is 1. The topological polar surface area (TPSA) is 69.5 Å². The number of aromatic nitrogens is 2. The lowest BCUT2D eigenvalue weighted by Gasteiger charge is -2.18. The van der Waals surface area contributed by atoms with Gasteiger partial charge in [-0.1, -0.05) is 30.3 Å². The fourth-order valence-electron chi connectivity index (χ4n) is 2.47. The number of benzene rings is 1. The Hall–Kier alpha value is -2.41. The van der Waals surface area contributed by atoms with Crippen molar-refractivity contribution in [2.24, 2.45) is 5.92 Å². The molecule has 94 valence electrons. The number of rotatable bonds is 1. The van der Waals surface area contributed by atoms with E-state index in [1.807, 2.05) is 30.3 Å². The zero-order valence-corrected chi connectivity index (χ0v) is 10.4. The van der Waals surface area contributed by atoms with Crippen molar-refractivity contribution in [1.82, 2.24) is 9.97 Å². The van der Waals surface area contributed by atoms with Crippen LogP contribution in [0.5, 0.6) is 0 Å². The highest BCUT2D eigenvalue weighted by Crippen LogP contribution is 2.23. The summed E-state index contributed by atoms with van der Waals surface area (Å²) >= 11 is 0. The third-order valence-corrected chi connectivity index (χ3v) is 3.51. The maximum Gasteiger partial charge on any atom is 0.254 e. The summed E-state index contributed by atoms with van der Waals surface area (Å²) in [7, 11) is 0. The van der Waals surface area contributed by atoms with E-state index in [1.54, 1.807) is 0 Å². The van der Waals surface area contributed by atoms with E-state index in [-0.39, 0.29) is 11.5 Å². The molecule has 0 unspecified atom stereocenters. The molecule has 0 aliphatic heterocycles. The highest BCUT2D eigenvalue weighted by molar-refractivity contribution is 5.54. The van der Waals surface area contributed by atoms with E-state index < -0.39 is 0 Å². The average molecular weight is 251 g/mol. The van der Waals surface area contributed by atoms with Crippen molar-refractivity contribution in [2.75, 3.05) is 0 Å². The Morgan fingerprint density at radius 3 is 2.84 bits per heavy atom. The minimum absolute atomic E-state index is 0.0228. The average Bonchev–Trinajstić information content (AvgIpc) is 2.47. The first-order chi connectivity index (χ1) is 9.28. The normalized spacial score (nSPS) is 17.5. The molecule has 2 aromatic rings. The molecule has 0 spiro atoms. The summed E-state index contributed by atoms with van der Waals surface area (Å²) in [6.07, 6.45) is 1.97. The highest BCUT2D eigenvalue weighted by Gasteiger charge is 2.22. The Morgan fingerprint density at radius 2 is 2.11 bits per heavy atom. The zero-order valence-electron chi connectivity index (χ0n) is 10.4. The summed E-state index contributed by atoms with van der Waals surface area (Å²) in [5.74, 6) is 0.563. The molecule has 1 N–H and O–H groups in total. The molecule has 0 fully saturated rings. The molecule has 3 rings (SSSR count). The van der Waals surface area contributed by atoms with Gasteiger partial charge in [0.15, 0.2) is 0 Å². The number of hydrogen-bond acceptors (Lipinski definition) is 3.